The van der Waals surface area contributed by atoms with Crippen molar-refractivity contribution in [3.8, 4) is 45.6 Å². The quantitative estimate of drug-likeness (QED) is 0.0893. The lowest BCUT2D eigenvalue weighted by Gasteiger charge is -2.08. The molecule has 0 saturated carbocycles. The van der Waals surface area contributed by atoms with E-state index in [0.29, 0.717) is 40.2 Å². The minimum absolute atomic E-state index is 0.610. The first kappa shape index (κ1) is 37.8. The number of nitrogens with one attached hydrogen (secondary N) is 2. The fourth-order valence-corrected chi connectivity index (χ4v) is 8.83. The van der Waals surface area contributed by atoms with E-state index in [1.165, 1.54) is 102 Å². The van der Waals surface area contributed by atoms with E-state index in [-0.39, 0.29) is 0 Å². The van der Waals surface area contributed by atoms with Gasteiger partial charge in [0.15, 0.2) is 23.3 Å². The average molecular weight is 767 g/mol. The summed E-state index contributed by atoms with van der Waals surface area (Å²) in [5.74, 6) is 2.54. The molecule has 0 radical (unpaired) electrons. The summed E-state index contributed by atoms with van der Waals surface area (Å²) in [6, 6.07) is 31.2. The molecule has 5 heterocycles. The molecule has 9 rings (SSSR count). The Morgan fingerprint density at radius 2 is 0.707 bits per heavy atom. The van der Waals surface area contributed by atoms with Crippen molar-refractivity contribution >= 4 is 44.1 Å². The van der Waals surface area contributed by atoms with E-state index < -0.39 is 0 Å². The number of fused-ring (bicyclic) bond motifs is 20. The van der Waals surface area contributed by atoms with Crippen LogP contribution in [0.3, 0.4) is 0 Å². The standard InChI is InChI=1S/C50H54N8/c1-2-3-4-5-6-7-8-9-10-11-12-13-14-15-16-17-25-34-26-24-33-41-42(34)50-57-48-40-32-23-22-31-39(40)46(55-48)53-44-36-28-19-18-27-35(36)43(51-44)52-45-37-29-20-21-30-38(37)47(54-45)56-49(41)58-50/h18-24,26-33H,2-17,25H2,1H3,(H2,51,52,53,54,55,56,57,58). The van der Waals surface area contributed by atoms with Crippen LogP contribution in [0.15, 0.2) is 91.0 Å². The lowest BCUT2D eigenvalue weighted by atomic mass is 9.96. The van der Waals surface area contributed by atoms with Gasteiger partial charge in [0, 0.05) is 43.8 Å². The maximum Gasteiger partial charge on any atom is 0.165 e. The highest BCUT2D eigenvalue weighted by atomic mass is 15.1. The summed E-state index contributed by atoms with van der Waals surface area (Å²) < 4.78 is 0. The molecule has 4 aromatic carbocycles. The molecule has 2 N–H and O–H groups in total. The van der Waals surface area contributed by atoms with Gasteiger partial charge in [0.2, 0.25) is 0 Å². The summed E-state index contributed by atoms with van der Waals surface area (Å²) in [5, 5.41) is 3.91. The van der Waals surface area contributed by atoms with Gasteiger partial charge in [-0.25, -0.2) is 29.9 Å². The fraction of sp³-hybridized carbons (Fsp3) is 0.360. The van der Waals surface area contributed by atoms with Crippen LogP contribution < -0.4 is 0 Å². The number of H-pyrrole nitrogens is 2. The number of rotatable bonds is 17. The maximum atomic E-state index is 5.30. The van der Waals surface area contributed by atoms with E-state index in [1.54, 1.807) is 0 Å². The summed E-state index contributed by atoms with van der Waals surface area (Å²) in [5.41, 5.74) is 8.05. The van der Waals surface area contributed by atoms with Gasteiger partial charge in [0.25, 0.3) is 0 Å². The van der Waals surface area contributed by atoms with Crippen molar-refractivity contribution in [1.29, 1.82) is 0 Å². The Kier molecular flexibility index (Phi) is 11.6. The average Bonchev–Trinajstić information content (AvgIpc) is 3.99. The molecule has 58 heavy (non-hydrogen) atoms. The van der Waals surface area contributed by atoms with Crippen molar-refractivity contribution in [1.82, 2.24) is 39.9 Å². The molecule has 8 bridgehead atoms. The molecule has 0 spiro atoms. The zero-order valence-electron chi connectivity index (χ0n) is 33.9. The van der Waals surface area contributed by atoms with Crippen molar-refractivity contribution in [3.05, 3.63) is 96.6 Å². The van der Waals surface area contributed by atoms with Crippen molar-refractivity contribution in [2.24, 2.45) is 0 Å². The van der Waals surface area contributed by atoms with Crippen molar-refractivity contribution < 1.29 is 0 Å². The summed E-state index contributed by atoms with van der Waals surface area (Å²) in [7, 11) is 0. The van der Waals surface area contributed by atoms with Crippen LogP contribution in [0.1, 0.15) is 115 Å². The number of aryl methyl sites for hydroxylation is 1. The molecule has 0 saturated heterocycles. The summed E-state index contributed by atoms with van der Waals surface area (Å²) in [6.45, 7) is 2.29. The molecule has 3 aromatic heterocycles. The largest absolute Gasteiger partial charge is 0.324 e. The third kappa shape index (κ3) is 8.02. The highest BCUT2D eigenvalue weighted by Gasteiger charge is 2.24. The number of aromatic amines is 2. The van der Waals surface area contributed by atoms with Gasteiger partial charge in [-0.15, -0.1) is 0 Å². The molecular formula is C50H54N8. The fourth-order valence-electron chi connectivity index (χ4n) is 8.83. The molecule has 0 fully saturated rings. The van der Waals surface area contributed by atoms with Gasteiger partial charge in [-0.3, -0.25) is 0 Å². The summed E-state index contributed by atoms with van der Waals surface area (Å²) >= 11 is 0. The Balaban J connectivity index is 0.998. The molecule has 2 aliphatic rings. The second-order valence-corrected chi connectivity index (χ2v) is 16.1. The highest BCUT2D eigenvalue weighted by molar-refractivity contribution is 6.06. The zero-order valence-corrected chi connectivity index (χ0v) is 33.9. The SMILES string of the molecule is CCCCCCCCCCCCCCCCCCc1cccc2c1-c1nc-2nc2[nH]c(nc3nc(nc4[nH]c(n1)c1ccccc41)-c1ccccc1-3)c1ccccc21. The van der Waals surface area contributed by atoms with Gasteiger partial charge >= 0.3 is 0 Å². The molecule has 8 nitrogen and oxygen atoms in total. The van der Waals surface area contributed by atoms with E-state index in [0.717, 1.165) is 62.3 Å². The number of hydrogen-bond donors (Lipinski definition) is 2. The second-order valence-electron chi connectivity index (χ2n) is 16.1. The molecule has 0 unspecified atom stereocenters. The lowest BCUT2D eigenvalue weighted by Crippen LogP contribution is -1.93. The molecule has 0 atom stereocenters. The second kappa shape index (κ2) is 17.8. The molecule has 294 valence electrons. The van der Waals surface area contributed by atoms with Gasteiger partial charge in [0.1, 0.15) is 22.6 Å². The van der Waals surface area contributed by atoms with E-state index in [1.807, 2.05) is 36.4 Å². The number of hydrogen-bond acceptors (Lipinski definition) is 6. The topological polar surface area (TPSA) is 109 Å². The van der Waals surface area contributed by atoms with Gasteiger partial charge in [0.05, 0.1) is 0 Å². The predicted molar refractivity (Wildman–Crippen MR) is 239 cm³/mol. The smallest absolute Gasteiger partial charge is 0.165 e. The van der Waals surface area contributed by atoms with Crippen molar-refractivity contribution in [3.63, 3.8) is 0 Å². The predicted octanol–water partition coefficient (Wildman–Crippen LogP) is 13.7. The highest BCUT2D eigenvalue weighted by Crippen LogP contribution is 2.39. The maximum absolute atomic E-state index is 5.30. The van der Waals surface area contributed by atoms with Crippen LogP contribution in [0, 0.1) is 0 Å². The van der Waals surface area contributed by atoms with E-state index in [2.05, 4.69) is 71.5 Å². The van der Waals surface area contributed by atoms with Gasteiger partial charge in [-0.2, -0.15) is 0 Å². The van der Waals surface area contributed by atoms with Gasteiger partial charge in [-0.1, -0.05) is 194 Å². The van der Waals surface area contributed by atoms with Gasteiger partial charge < -0.3 is 9.97 Å². The zero-order chi connectivity index (χ0) is 39.1. The Morgan fingerprint density at radius 1 is 0.345 bits per heavy atom. The van der Waals surface area contributed by atoms with Crippen LogP contribution >= 0.6 is 0 Å². The third-order valence-corrected chi connectivity index (χ3v) is 12.0. The normalized spacial score (nSPS) is 12.0. The number of aromatic nitrogens is 8. The summed E-state index contributed by atoms with van der Waals surface area (Å²) in [4.78, 5) is 38.1. The minimum Gasteiger partial charge on any atom is -0.324 e. The molecule has 2 aliphatic heterocycles. The molecule has 8 heteroatoms. The van der Waals surface area contributed by atoms with Crippen LogP contribution in [-0.2, 0) is 6.42 Å². The number of nitrogens with zero attached hydrogens (tertiary/aromatic N) is 6. The van der Waals surface area contributed by atoms with Crippen molar-refractivity contribution in [2.45, 2.75) is 116 Å². The number of benzene rings is 4. The van der Waals surface area contributed by atoms with E-state index >= 15 is 0 Å². The monoisotopic (exact) mass is 766 g/mol. The number of unbranched alkanes of at least 4 members (excludes halogenated alkanes) is 15. The Bertz CT molecular complexity index is 2700. The molecule has 7 aromatic rings. The first-order valence-corrected chi connectivity index (χ1v) is 22.0. The van der Waals surface area contributed by atoms with Crippen LogP contribution in [0.2, 0.25) is 0 Å². The Labute approximate surface area is 341 Å². The third-order valence-electron chi connectivity index (χ3n) is 12.0. The van der Waals surface area contributed by atoms with Crippen LogP contribution in [0.25, 0.3) is 89.7 Å². The van der Waals surface area contributed by atoms with Crippen LogP contribution in [-0.4, -0.2) is 39.9 Å². The lowest BCUT2D eigenvalue weighted by molar-refractivity contribution is 0.529. The molecule has 0 amide bonds. The Morgan fingerprint density at radius 3 is 1.17 bits per heavy atom. The molecule has 0 aliphatic carbocycles. The van der Waals surface area contributed by atoms with E-state index in [4.69, 9.17) is 29.9 Å². The molecular weight excluding hydrogens is 713 g/mol. The van der Waals surface area contributed by atoms with Crippen molar-refractivity contribution in [2.75, 3.05) is 0 Å². The summed E-state index contributed by atoms with van der Waals surface area (Å²) in [6.07, 6.45) is 22.8. The van der Waals surface area contributed by atoms with E-state index in [9.17, 15) is 0 Å². The van der Waals surface area contributed by atoms with Crippen LogP contribution in [0.4, 0.5) is 0 Å². The first-order chi connectivity index (χ1) is 28.7. The Hall–Kier alpha value is -5.76. The van der Waals surface area contributed by atoms with Crippen LogP contribution in [0.5, 0.6) is 0 Å². The minimum atomic E-state index is 0.610. The first-order valence-electron chi connectivity index (χ1n) is 22.0. The van der Waals surface area contributed by atoms with Gasteiger partial charge in [-0.05, 0) is 18.4 Å².